The lowest BCUT2D eigenvalue weighted by Gasteiger charge is -2.35. The van der Waals surface area contributed by atoms with Gasteiger partial charge in [-0.1, -0.05) is 48.5 Å². The quantitative estimate of drug-likeness (QED) is 0.362. The van der Waals surface area contributed by atoms with E-state index in [2.05, 4.69) is 0 Å². The molecule has 0 N–H and O–H groups in total. The highest BCUT2D eigenvalue weighted by molar-refractivity contribution is 6.52. The van der Waals surface area contributed by atoms with E-state index >= 15 is 0 Å². The number of carbonyl (C=O) groups excluding carboxylic acids is 2. The lowest BCUT2D eigenvalue weighted by Crippen LogP contribution is -2.49. The lowest BCUT2D eigenvalue weighted by molar-refractivity contribution is -0.126. The minimum Gasteiger partial charge on any atom is -0.497 e. The smallest absolute Gasteiger partial charge is 0.266 e. The molecule has 2 aliphatic heterocycles. The molecule has 2 amide bonds. The van der Waals surface area contributed by atoms with Gasteiger partial charge >= 0.3 is 0 Å². The monoisotopic (exact) mass is 508 g/mol. The van der Waals surface area contributed by atoms with Gasteiger partial charge in [-0.05, 0) is 48.4 Å². The van der Waals surface area contributed by atoms with E-state index in [0.29, 0.717) is 17.9 Å². The molecule has 2 heterocycles. The second-order valence-corrected chi connectivity index (χ2v) is 10.6. The number of nitrogens with zero attached hydrogens (tertiary/aromatic N) is 2. The Bertz CT molecular complexity index is 1290. The van der Waals surface area contributed by atoms with Crippen LogP contribution in [0.2, 0.25) is 0 Å². The molecule has 0 radical (unpaired) electrons. The number of benzene rings is 3. The Hall–Kier alpha value is -3.06. The first-order chi connectivity index (χ1) is 16.9. The van der Waals surface area contributed by atoms with Crippen LogP contribution in [0.4, 0.5) is 11.4 Å². The Morgan fingerprint density at radius 3 is 2.03 bits per heavy atom. The molecular formula is C27H22Cl2N2O4. The molecule has 178 valence electrons. The number of halogens is 2. The zero-order valence-electron chi connectivity index (χ0n) is 18.8. The van der Waals surface area contributed by atoms with Gasteiger partial charge in [0, 0.05) is 0 Å². The number of carbonyl (C=O) groups is 2. The molecule has 3 aliphatic rings. The van der Waals surface area contributed by atoms with Gasteiger partial charge in [-0.2, -0.15) is 0 Å². The van der Waals surface area contributed by atoms with Crippen LogP contribution < -0.4 is 14.7 Å². The van der Waals surface area contributed by atoms with Gasteiger partial charge in [0.2, 0.25) is 5.91 Å². The number of imide groups is 1. The summed E-state index contributed by atoms with van der Waals surface area (Å²) in [6.45, 7) is 0. The number of hydrogen-bond acceptors (Lipinski definition) is 5. The summed E-state index contributed by atoms with van der Waals surface area (Å²) < 4.78 is 4.09. The van der Waals surface area contributed by atoms with Crippen LogP contribution in [0.5, 0.6) is 5.75 Å². The van der Waals surface area contributed by atoms with E-state index in [1.165, 1.54) is 4.90 Å². The van der Waals surface area contributed by atoms with Crippen molar-refractivity contribution in [1.82, 2.24) is 0 Å². The van der Waals surface area contributed by atoms with E-state index in [9.17, 15) is 9.59 Å². The highest BCUT2D eigenvalue weighted by Gasteiger charge is 2.78. The highest BCUT2D eigenvalue weighted by atomic mass is 35.5. The number of anilines is 2. The van der Waals surface area contributed by atoms with Crippen LogP contribution >= 0.6 is 23.2 Å². The van der Waals surface area contributed by atoms with Gasteiger partial charge in [0.25, 0.3) is 5.91 Å². The molecule has 4 atom stereocenters. The molecule has 35 heavy (non-hydrogen) atoms. The Balaban J connectivity index is 1.47. The molecule has 3 aromatic carbocycles. The van der Waals surface area contributed by atoms with E-state index in [-0.39, 0.29) is 5.91 Å². The molecule has 2 saturated heterocycles. The Labute approximate surface area is 212 Å². The van der Waals surface area contributed by atoms with Gasteiger partial charge in [0.05, 0.1) is 29.9 Å². The maximum atomic E-state index is 13.9. The van der Waals surface area contributed by atoms with Crippen molar-refractivity contribution in [3.05, 3.63) is 90.5 Å². The van der Waals surface area contributed by atoms with Crippen molar-refractivity contribution < 1.29 is 19.2 Å². The van der Waals surface area contributed by atoms with Gasteiger partial charge in [-0.15, -0.1) is 23.2 Å². The van der Waals surface area contributed by atoms with Gasteiger partial charge in [-0.25, -0.2) is 9.96 Å². The van der Waals surface area contributed by atoms with Crippen molar-refractivity contribution >= 4 is 46.4 Å². The van der Waals surface area contributed by atoms with Crippen molar-refractivity contribution in [3.63, 3.8) is 0 Å². The minimum absolute atomic E-state index is 0.333. The summed E-state index contributed by atoms with van der Waals surface area (Å²) in [7, 11) is 1.56. The number of alkyl halides is 2. The summed E-state index contributed by atoms with van der Waals surface area (Å²) in [6.07, 6.45) is -0.558. The number of hydroxylamine groups is 1. The third kappa shape index (κ3) is 3.20. The molecule has 0 spiro atoms. The van der Waals surface area contributed by atoms with Crippen LogP contribution in [0.25, 0.3) is 0 Å². The van der Waals surface area contributed by atoms with E-state index in [0.717, 1.165) is 11.3 Å². The average molecular weight is 509 g/mol. The number of ether oxygens (including phenoxy) is 1. The fraction of sp³-hybridized carbons (Fsp3) is 0.259. The second kappa shape index (κ2) is 7.98. The van der Waals surface area contributed by atoms with Crippen molar-refractivity contribution in [2.24, 2.45) is 5.92 Å². The fourth-order valence-electron chi connectivity index (χ4n) is 5.55. The number of hydrogen-bond donors (Lipinski definition) is 0. The number of methoxy groups -OCH3 is 1. The van der Waals surface area contributed by atoms with Gasteiger partial charge in [0.15, 0.2) is 6.10 Å². The fourth-order valence-corrected chi connectivity index (χ4v) is 6.41. The molecule has 0 aromatic heterocycles. The van der Waals surface area contributed by atoms with Crippen LogP contribution in [0, 0.1) is 5.92 Å². The Morgan fingerprint density at radius 1 is 0.857 bits per heavy atom. The molecule has 4 unspecified atom stereocenters. The van der Waals surface area contributed by atoms with Crippen LogP contribution in [0.3, 0.4) is 0 Å². The molecule has 3 fully saturated rings. The summed E-state index contributed by atoms with van der Waals surface area (Å²) in [5.41, 5.74) is 1.30. The molecule has 0 bridgehead atoms. The standard InChI is InChI=1S/C27H22Cl2N2O4/c1-34-20-14-12-18(13-15-20)30-24(32)21-22(25(30)33)35-31(19-10-6-3-7-11-19)23(21)26(16-27(26,28)29)17-8-4-2-5-9-17/h2-15,21-23H,16H2,1H3. The van der Waals surface area contributed by atoms with Crippen LogP contribution in [0.15, 0.2) is 84.9 Å². The van der Waals surface area contributed by atoms with Crippen molar-refractivity contribution in [2.45, 2.75) is 28.3 Å². The van der Waals surface area contributed by atoms with Crippen LogP contribution in [0.1, 0.15) is 12.0 Å². The summed E-state index contributed by atoms with van der Waals surface area (Å²) >= 11 is 13.7. The third-order valence-electron chi connectivity index (χ3n) is 7.28. The number of amides is 2. The number of para-hydroxylation sites is 1. The topological polar surface area (TPSA) is 59.1 Å². The van der Waals surface area contributed by atoms with Crippen LogP contribution in [-0.2, 0) is 19.8 Å². The zero-order valence-corrected chi connectivity index (χ0v) is 20.3. The molecule has 1 aliphatic carbocycles. The first-order valence-electron chi connectivity index (χ1n) is 11.4. The molecule has 1 saturated carbocycles. The first-order valence-corrected chi connectivity index (χ1v) is 12.1. The zero-order chi connectivity index (χ0) is 24.4. The Kier molecular flexibility index (Phi) is 5.11. The molecule has 8 heteroatoms. The number of fused-ring (bicyclic) bond motifs is 1. The molecule has 3 aromatic rings. The summed E-state index contributed by atoms with van der Waals surface area (Å²) in [6, 6.07) is 25.3. The van der Waals surface area contributed by atoms with E-state index in [1.54, 1.807) is 36.4 Å². The van der Waals surface area contributed by atoms with Crippen molar-refractivity contribution in [3.8, 4) is 5.75 Å². The maximum Gasteiger partial charge on any atom is 0.266 e. The van der Waals surface area contributed by atoms with Crippen molar-refractivity contribution in [1.29, 1.82) is 0 Å². The molecule has 6 nitrogen and oxygen atoms in total. The number of rotatable bonds is 5. The van der Waals surface area contributed by atoms with Crippen molar-refractivity contribution in [2.75, 3.05) is 17.1 Å². The predicted octanol–water partition coefficient (Wildman–Crippen LogP) is 4.89. The normalized spacial score (nSPS) is 28.8. The summed E-state index contributed by atoms with van der Waals surface area (Å²) in [5, 5.41) is 1.68. The van der Waals surface area contributed by atoms with E-state index in [1.807, 2.05) is 60.7 Å². The third-order valence-corrected chi connectivity index (χ3v) is 8.22. The minimum atomic E-state index is -1.12. The first kappa shape index (κ1) is 22.4. The van der Waals surface area contributed by atoms with Gasteiger partial charge < -0.3 is 4.74 Å². The lowest BCUT2D eigenvalue weighted by atomic mass is 9.79. The second-order valence-electron chi connectivity index (χ2n) is 9.09. The average Bonchev–Trinajstić information content (AvgIpc) is 3.16. The Morgan fingerprint density at radius 2 is 1.46 bits per heavy atom. The summed E-state index contributed by atoms with van der Waals surface area (Å²) in [4.78, 5) is 35.0. The highest BCUT2D eigenvalue weighted by Crippen LogP contribution is 2.70. The van der Waals surface area contributed by atoms with Gasteiger partial charge in [-0.3, -0.25) is 14.4 Å². The predicted molar refractivity (Wildman–Crippen MR) is 134 cm³/mol. The molecular weight excluding hydrogens is 487 g/mol. The molecule has 6 rings (SSSR count). The van der Waals surface area contributed by atoms with E-state index < -0.39 is 33.7 Å². The SMILES string of the molecule is COc1ccc(N2C(=O)C3ON(c4ccccc4)C(C4(c5ccccc5)CC4(Cl)Cl)C3C2=O)cc1. The summed E-state index contributed by atoms with van der Waals surface area (Å²) in [5.74, 6) is -0.899. The largest absolute Gasteiger partial charge is 0.497 e. The van der Waals surface area contributed by atoms with Crippen LogP contribution in [-0.4, -0.2) is 35.4 Å². The van der Waals surface area contributed by atoms with E-state index in [4.69, 9.17) is 32.8 Å². The van der Waals surface area contributed by atoms with Gasteiger partial charge in [0.1, 0.15) is 16.0 Å². The maximum absolute atomic E-state index is 13.9.